The number of phenolic OH excluding ortho intramolecular Hbond substituents is 3. The number of carbonyl (C=O) groups excluding carboxylic acids is 9. The Balaban J connectivity index is 0.952. The van der Waals surface area contributed by atoms with Crippen molar-refractivity contribution >= 4 is 81.8 Å². The van der Waals surface area contributed by atoms with Gasteiger partial charge in [0, 0.05) is 85.6 Å². The number of imide groups is 1. The van der Waals surface area contributed by atoms with E-state index in [-0.39, 0.29) is 123 Å². The van der Waals surface area contributed by atoms with Crippen LogP contribution < -0.4 is 72.0 Å². The van der Waals surface area contributed by atoms with Crippen LogP contribution in [0, 0.1) is 47.3 Å². The van der Waals surface area contributed by atoms with Crippen molar-refractivity contribution in [3.63, 3.8) is 0 Å². The number of phenols is 3. The van der Waals surface area contributed by atoms with Gasteiger partial charge in [-0.15, -0.1) is 0 Å². The van der Waals surface area contributed by atoms with Gasteiger partial charge in [0.1, 0.15) is 96.6 Å². The second-order valence-electron chi connectivity index (χ2n) is 36.1. The molecule has 0 unspecified atom stereocenters. The number of likely N-dealkylation sites (N-methyl/N-ethyl adjacent to an activating group) is 2. The van der Waals surface area contributed by atoms with Gasteiger partial charge in [-0.1, -0.05) is 62.2 Å². The van der Waals surface area contributed by atoms with E-state index >= 15 is 28.8 Å². The van der Waals surface area contributed by atoms with Crippen LogP contribution in [0.4, 0.5) is 10.5 Å². The summed E-state index contributed by atoms with van der Waals surface area (Å²) < 4.78 is 51.3. The number of fused-ring (bicyclic) bond motifs is 15. The molecule has 0 aromatic heterocycles. The average Bonchev–Trinajstić information content (AvgIpc) is 0.755. The zero-order valence-corrected chi connectivity index (χ0v) is 74.3. The quantitative estimate of drug-likeness (QED) is 0.0260. The van der Waals surface area contributed by atoms with Gasteiger partial charge in [0.2, 0.25) is 41.6 Å². The number of hydrogen-bond acceptors (Lipinski definition) is 29. The maximum Gasteiger partial charge on any atom is 0.325 e. The van der Waals surface area contributed by atoms with Gasteiger partial charge in [-0.3, -0.25) is 43.7 Å². The summed E-state index contributed by atoms with van der Waals surface area (Å²) in [4.78, 5) is 141. The Hall–Kier alpha value is -10.4. The topological polar surface area (TPSA) is 532 Å². The number of halogens is 2. The van der Waals surface area contributed by atoms with Crippen molar-refractivity contribution < 1.29 is 127 Å². The van der Waals surface area contributed by atoms with E-state index in [1.54, 1.807) is 21.0 Å². The fourth-order valence-corrected chi connectivity index (χ4v) is 20.1. The van der Waals surface area contributed by atoms with Gasteiger partial charge in [-0.2, -0.15) is 0 Å². The summed E-state index contributed by atoms with van der Waals surface area (Å²) in [5, 5.41) is 128. The van der Waals surface area contributed by atoms with Crippen molar-refractivity contribution in [2.75, 3.05) is 52.3 Å². The number of hydrogen-bond donors (Lipinski definition) is 18. The van der Waals surface area contributed by atoms with Crippen molar-refractivity contribution in [1.29, 1.82) is 0 Å². The Bertz CT molecular complexity index is 5230. The van der Waals surface area contributed by atoms with E-state index in [4.69, 9.17) is 66.8 Å². The highest BCUT2D eigenvalue weighted by molar-refractivity contribution is 6.32. The first-order chi connectivity index (χ1) is 62.0. The molecule has 4 aliphatic carbocycles. The zero-order valence-electron chi connectivity index (χ0n) is 72.8. The van der Waals surface area contributed by atoms with Crippen LogP contribution in [-0.2, 0) is 52.6 Å². The molecule has 700 valence electrons. The number of amides is 7. The Morgan fingerprint density at radius 2 is 1.31 bits per heavy atom. The molecule has 11 aliphatic rings. The van der Waals surface area contributed by atoms with Gasteiger partial charge in [0.05, 0.1) is 40.7 Å². The number of rotatable bonds is 24. The standard InChI is InChI=1S/C93H113Cl2N9O26/c1-8-45(21-41(2)3)87(118)103-78-63(109)30-52(33-73(112)100-92(122)99-53-12-16-68(123-19-17-97-6)69(34-53)124-20-18-98-7)88(119)101-76-51-31-70(126-66-14-10-47(80(78)113)28-59(66)94)84(130-91-85(83(116)82(115)72(40-105)128-91)129-74-39-93(5,96)86(117)42(4)125-74)71(32-51)127-67-15-11-48(29-60(67)95)81(114)79-90(121)102-77(65(111)37-55-49-23-43-22-44(25-49)26-50(55)24-43)58-35-54(106)36-62(108)75(58)57-27-46(9-13-61(57)107)56(38-64(76)110)89(120)104-79/h9-16,27-29,31-32,34-36,41-45,49-50,52,55-56,72,74,76-83,85-86,91,97-98,105-108,113-117H,8,17-26,30,33,37-40,96H2,1-7H3,(H,101,119)(H,102,121)(H,103,118)(H,104,120)(H2,99,100,112,122)/t42-,43?,44?,45+,49?,50?,52-,55?,56+,72+,74-,76+,77-,78-,79-,80+,81+,82+,83-,85+,86+,91-,93-/m0/s1. The monoisotopic (exact) mass is 1840 g/mol. The molecule has 15 bridgehead atoms. The molecule has 6 aromatic carbocycles. The average molecular weight is 1840 g/mol. The van der Waals surface area contributed by atoms with Crippen LogP contribution in [0.1, 0.15) is 170 Å². The third-order valence-corrected chi connectivity index (χ3v) is 26.8. The number of aliphatic hydroxyl groups excluding tert-OH is 6. The molecule has 17 rings (SSSR count). The number of ether oxygens (including phenoxy) is 8. The number of Topliss-reactive ketones (excluding diaryl/α,β-unsaturated/α-hetero) is 3. The number of nitrogens with one attached hydrogen (secondary N) is 8. The highest BCUT2D eigenvalue weighted by Gasteiger charge is 2.53. The fraction of sp³-hybridized carbons (Fsp3) is 0.516. The highest BCUT2D eigenvalue weighted by atomic mass is 35.5. The molecule has 0 spiro atoms. The smallest absolute Gasteiger partial charge is 0.325 e. The summed E-state index contributed by atoms with van der Waals surface area (Å²) in [6.45, 7) is 8.81. The van der Waals surface area contributed by atoms with Gasteiger partial charge in [0.15, 0.2) is 52.7 Å². The molecule has 18 atom stereocenters. The Labute approximate surface area is 759 Å². The van der Waals surface area contributed by atoms with E-state index in [1.165, 1.54) is 74.5 Å². The van der Waals surface area contributed by atoms with E-state index in [9.17, 15) is 60.3 Å². The number of carbonyl (C=O) groups is 9. The van der Waals surface area contributed by atoms with Gasteiger partial charge in [0.25, 0.3) is 0 Å². The van der Waals surface area contributed by atoms with E-state index in [0.29, 0.717) is 37.1 Å². The number of ketones is 3. The van der Waals surface area contributed by atoms with Crippen LogP contribution in [0.2, 0.25) is 10.0 Å². The van der Waals surface area contributed by atoms with Crippen molar-refractivity contribution in [2.45, 2.75) is 209 Å². The zero-order chi connectivity index (χ0) is 93.2. The van der Waals surface area contributed by atoms with Crippen molar-refractivity contribution in [1.82, 2.24) is 37.2 Å². The lowest BCUT2D eigenvalue weighted by molar-refractivity contribution is -0.333. The minimum atomic E-state index is -2.28. The van der Waals surface area contributed by atoms with E-state index in [1.807, 2.05) is 13.8 Å². The van der Waals surface area contributed by atoms with Gasteiger partial charge < -0.3 is 127 Å². The molecule has 6 aromatic rings. The van der Waals surface area contributed by atoms with Crippen LogP contribution in [0.15, 0.2) is 97.1 Å². The number of nitrogens with two attached hydrogens (primary N) is 1. The second kappa shape index (κ2) is 40.8. The first kappa shape index (κ1) is 95.7. The number of benzene rings is 6. The predicted molar refractivity (Wildman–Crippen MR) is 469 cm³/mol. The second-order valence-corrected chi connectivity index (χ2v) is 36.9. The lowest BCUT2D eigenvalue weighted by Crippen LogP contribution is -2.64. The van der Waals surface area contributed by atoms with Crippen LogP contribution in [-0.4, -0.2) is 213 Å². The van der Waals surface area contributed by atoms with Crippen molar-refractivity contribution in [3.8, 4) is 68.6 Å². The molecule has 7 heterocycles. The molecule has 130 heavy (non-hydrogen) atoms. The molecule has 6 fully saturated rings. The number of urea groups is 1. The van der Waals surface area contributed by atoms with Crippen molar-refractivity contribution in [2.24, 2.45) is 53.1 Å². The minimum Gasteiger partial charge on any atom is -0.508 e. The Morgan fingerprint density at radius 3 is 1.92 bits per heavy atom. The number of anilines is 1. The highest BCUT2D eigenvalue weighted by Crippen LogP contribution is 2.59. The van der Waals surface area contributed by atoms with Crippen LogP contribution in [0.25, 0.3) is 11.1 Å². The summed E-state index contributed by atoms with van der Waals surface area (Å²) in [5.41, 5.74) is 3.56. The maximum absolute atomic E-state index is 16.9. The van der Waals surface area contributed by atoms with Gasteiger partial charge in [-0.25, -0.2) is 4.79 Å². The first-order valence-electron chi connectivity index (χ1n) is 44.0. The minimum absolute atomic E-state index is 0.0667. The largest absolute Gasteiger partial charge is 0.508 e. The third kappa shape index (κ3) is 21.2. The SMILES string of the molecule is CC[C@H](CC(C)C)C(=O)N[C@H]1C(=O)C[C@@H](CC(=O)NC(=O)Nc2ccc(OCCNC)c(OCCNC)c2)C(=O)N[C@H]2C(=O)C[C@H]3C(=O)N[C@H](C(=O)N[C@H](C(=O)CC4C5CC6CC(C5)CC4C6)c4cc(O)cc(O)c4-c4cc3ccc4O)[C@H](O)c3ccc(c(Cl)c3)Oc3cc2cc(c3O[C@@H]2O[C@H](CO)[C@@H](O)[C@H](O)[C@H]2O[C@H]2C[C@](C)(N)[C@H](O)[C@H](C)O2)Oc2ccc(cc2Cl)[C@H]1O. The summed E-state index contributed by atoms with van der Waals surface area (Å²) >= 11 is 14.6. The summed E-state index contributed by atoms with van der Waals surface area (Å²) in [6.07, 6.45) is -15.9. The molecular weight excluding hydrogens is 1730 g/mol. The summed E-state index contributed by atoms with van der Waals surface area (Å²) in [5.74, 6) is -16.1. The van der Waals surface area contributed by atoms with Crippen LogP contribution in [0.3, 0.4) is 0 Å². The molecular formula is C93H113Cl2N9O26. The van der Waals surface area contributed by atoms with E-state index in [0.717, 1.165) is 68.5 Å². The van der Waals surface area contributed by atoms with Crippen molar-refractivity contribution in [3.05, 3.63) is 135 Å². The molecule has 4 saturated carbocycles. The molecule has 7 amide bonds. The molecule has 2 saturated heterocycles. The normalized spacial score (nSPS) is 29.7. The number of aromatic hydroxyl groups is 3. The molecule has 7 aliphatic heterocycles. The molecule has 35 nitrogen and oxygen atoms in total. The molecule has 0 radical (unpaired) electrons. The Kier molecular flexibility index (Phi) is 30.0. The molecule has 19 N–H and O–H groups in total. The summed E-state index contributed by atoms with van der Waals surface area (Å²) in [6, 6.07) is 10.2. The number of aliphatic hydroxyl groups is 6. The lowest BCUT2D eigenvalue weighted by atomic mass is 9.51. The fourth-order valence-electron chi connectivity index (χ4n) is 19.7. The molecule has 37 heteroatoms. The first-order valence-corrected chi connectivity index (χ1v) is 44.8. The van der Waals surface area contributed by atoms with E-state index < -0.39 is 228 Å². The van der Waals surface area contributed by atoms with Gasteiger partial charge in [-0.05, 0) is 203 Å². The summed E-state index contributed by atoms with van der Waals surface area (Å²) in [7, 11) is 3.45. The Morgan fingerprint density at radius 1 is 0.669 bits per heavy atom. The predicted octanol–water partition coefficient (Wildman–Crippen LogP) is 7.53. The van der Waals surface area contributed by atoms with Crippen LogP contribution >= 0.6 is 23.2 Å². The van der Waals surface area contributed by atoms with Gasteiger partial charge >= 0.3 is 6.03 Å². The van der Waals surface area contributed by atoms with Crippen LogP contribution in [0.5, 0.6) is 57.5 Å². The maximum atomic E-state index is 16.9. The lowest BCUT2D eigenvalue weighted by Gasteiger charge is -2.54. The third-order valence-electron chi connectivity index (χ3n) is 26.2. The van der Waals surface area contributed by atoms with E-state index in [2.05, 4.69) is 42.5 Å².